The molecule has 3 aromatic rings. The molecule has 0 radical (unpaired) electrons. The minimum absolute atomic E-state index is 0. The van der Waals surface area contributed by atoms with E-state index in [1.165, 1.54) is 0 Å². The van der Waals surface area contributed by atoms with E-state index in [2.05, 4.69) is 39.4 Å². The number of hydrogen-bond donors (Lipinski definition) is 1. The lowest BCUT2D eigenvalue weighted by Crippen LogP contribution is -2.48. The Morgan fingerprint density at radius 3 is 2.79 bits per heavy atom. The van der Waals surface area contributed by atoms with Gasteiger partial charge in [0.2, 0.25) is 0 Å². The monoisotopic (exact) mass is 562 g/mol. The molecule has 1 saturated heterocycles. The maximum atomic E-state index is 5.97. The van der Waals surface area contributed by atoms with E-state index in [0.29, 0.717) is 19.8 Å². The molecule has 1 fully saturated rings. The number of ether oxygens (including phenoxy) is 2. The van der Waals surface area contributed by atoms with Crippen molar-refractivity contribution < 1.29 is 9.47 Å². The third-order valence-corrected chi connectivity index (χ3v) is 5.25. The first kappa shape index (κ1) is 25.0. The van der Waals surface area contributed by atoms with Crippen molar-refractivity contribution >= 4 is 29.9 Å². The summed E-state index contributed by atoms with van der Waals surface area (Å²) in [5.41, 5.74) is 3.13. The molecule has 1 N–H and O–H groups in total. The molecule has 0 aliphatic carbocycles. The van der Waals surface area contributed by atoms with Gasteiger partial charge in [0.05, 0.1) is 31.6 Å². The third-order valence-electron chi connectivity index (χ3n) is 5.25. The van der Waals surface area contributed by atoms with Crippen molar-refractivity contribution in [3.05, 3.63) is 77.9 Å². The molecular formula is C24H31IN6O2. The number of aromatic nitrogens is 3. The lowest BCUT2D eigenvalue weighted by molar-refractivity contribution is -0.00805. The summed E-state index contributed by atoms with van der Waals surface area (Å²) in [6.07, 6.45) is 5.65. The number of hydrogen-bond acceptors (Lipinski definition) is 5. The highest BCUT2D eigenvalue weighted by molar-refractivity contribution is 14.0. The molecule has 1 atom stereocenters. The number of rotatable bonds is 7. The van der Waals surface area contributed by atoms with Crippen LogP contribution < -0.4 is 10.1 Å². The highest BCUT2D eigenvalue weighted by Crippen LogP contribution is 2.22. The summed E-state index contributed by atoms with van der Waals surface area (Å²) >= 11 is 0. The topological polar surface area (TPSA) is 76.8 Å². The summed E-state index contributed by atoms with van der Waals surface area (Å²) in [5.74, 6) is 1.72. The quantitative estimate of drug-likeness (QED) is 0.270. The Labute approximate surface area is 212 Å². The van der Waals surface area contributed by atoms with Crippen LogP contribution in [-0.2, 0) is 24.9 Å². The summed E-state index contributed by atoms with van der Waals surface area (Å²) < 4.78 is 13.6. The normalized spacial score (nSPS) is 16.2. The van der Waals surface area contributed by atoms with Gasteiger partial charge in [-0.3, -0.25) is 9.67 Å². The molecule has 33 heavy (non-hydrogen) atoms. The molecule has 1 aromatic carbocycles. The van der Waals surface area contributed by atoms with Gasteiger partial charge in [0.25, 0.3) is 0 Å². The zero-order valence-corrected chi connectivity index (χ0v) is 21.4. The van der Waals surface area contributed by atoms with Crippen molar-refractivity contribution in [1.82, 2.24) is 25.0 Å². The number of benzene rings is 1. The van der Waals surface area contributed by atoms with Crippen LogP contribution in [0.3, 0.4) is 0 Å². The molecule has 0 saturated carbocycles. The Kier molecular flexibility index (Phi) is 9.49. The van der Waals surface area contributed by atoms with Gasteiger partial charge in [-0.05, 0) is 36.8 Å². The SMILES string of the molecule is CCNC(=NCc1ccc(OCc2ccccn2)cc1)N1CCOC(c2cnn(C)c2)C1.I. The van der Waals surface area contributed by atoms with Crippen LogP contribution >= 0.6 is 24.0 Å². The molecule has 8 nitrogen and oxygen atoms in total. The molecule has 1 aliphatic heterocycles. The molecule has 4 rings (SSSR count). The van der Waals surface area contributed by atoms with Crippen LogP contribution in [0.15, 0.2) is 66.0 Å². The largest absolute Gasteiger partial charge is 0.487 e. The number of nitrogens with one attached hydrogen (secondary N) is 1. The van der Waals surface area contributed by atoms with Crippen molar-refractivity contribution in [1.29, 1.82) is 0 Å². The highest BCUT2D eigenvalue weighted by atomic mass is 127. The van der Waals surface area contributed by atoms with E-state index >= 15 is 0 Å². The molecule has 0 amide bonds. The number of pyridine rings is 1. The minimum atomic E-state index is -0.00292. The Balaban J connectivity index is 0.00000306. The predicted octanol–water partition coefficient (Wildman–Crippen LogP) is 3.55. The molecular weight excluding hydrogens is 531 g/mol. The van der Waals surface area contributed by atoms with Gasteiger partial charge in [-0.2, -0.15) is 5.10 Å². The van der Waals surface area contributed by atoms with Crippen LogP contribution in [0.2, 0.25) is 0 Å². The van der Waals surface area contributed by atoms with Crippen LogP contribution in [-0.4, -0.2) is 51.9 Å². The molecule has 0 spiro atoms. The lowest BCUT2D eigenvalue weighted by Gasteiger charge is -2.34. The minimum Gasteiger partial charge on any atom is -0.487 e. The number of halogens is 1. The molecule has 0 bridgehead atoms. The number of aliphatic imine (C=N–C) groups is 1. The van der Waals surface area contributed by atoms with Crippen LogP contribution in [0, 0.1) is 0 Å². The Morgan fingerprint density at radius 2 is 2.09 bits per heavy atom. The summed E-state index contributed by atoms with van der Waals surface area (Å²) in [7, 11) is 1.92. The molecule has 2 aromatic heterocycles. The predicted molar refractivity (Wildman–Crippen MR) is 139 cm³/mol. The van der Waals surface area contributed by atoms with Gasteiger partial charge >= 0.3 is 0 Å². The van der Waals surface area contributed by atoms with Gasteiger partial charge < -0.3 is 19.7 Å². The van der Waals surface area contributed by atoms with Crippen molar-refractivity contribution in [2.75, 3.05) is 26.2 Å². The van der Waals surface area contributed by atoms with E-state index in [-0.39, 0.29) is 30.1 Å². The maximum Gasteiger partial charge on any atom is 0.194 e. The van der Waals surface area contributed by atoms with Crippen LogP contribution in [0.25, 0.3) is 0 Å². The average molecular weight is 562 g/mol. The van der Waals surface area contributed by atoms with Gasteiger partial charge in [-0.15, -0.1) is 24.0 Å². The maximum absolute atomic E-state index is 5.97. The van der Waals surface area contributed by atoms with Crippen LogP contribution in [0.4, 0.5) is 0 Å². The van der Waals surface area contributed by atoms with Gasteiger partial charge in [-0.1, -0.05) is 18.2 Å². The lowest BCUT2D eigenvalue weighted by atomic mass is 10.1. The van der Waals surface area contributed by atoms with Crippen molar-refractivity contribution in [3.63, 3.8) is 0 Å². The molecule has 3 heterocycles. The first-order valence-corrected chi connectivity index (χ1v) is 11.0. The number of nitrogens with zero attached hydrogens (tertiary/aromatic N) is 5. The van der Waals surface area contributed by atoms with Crippen LogP contribution in [0.5, 0.6) is 5.75 Å². The van der Waals surface area contributed by atoms with Gasteiger partial charge in [0.1, 0.15) is 18.5 Å². The summed E-state index contributed by atoms with van der Waals surface area (Å²) in [6.45, 7) is 6.17. The van der Waals surface area contributed by atoms with E-state index in [1.54, 1.807) is 10.9 Å². The van der Waals surface area contributed by atoms with Gasteiger partial charge in [0, 0.05) is 38.1 Å². The Morgan fingerprint density at radius 1 is 1.24 bits per heavy atom. The first-order valence-electron chi connectivity index (χ1n) is 11.0. The Hall–Kier alpha value is -2.66. The molecule has 9 heteroatoms. The first-order chi connectivity index (χ1) is 15.7. The summed E-state index contributed by atoms with van der Waals surface area (Å²) in [4.78, 5) is 11.4. The standard InChI is InChI=1S/C24H30N6O2.HI/c1-3-25-24(30-12-13-31-23(17-30)20-15-28-29(2)16-20)27-14-19-7-9-22(10-8-19)32-18-21-6-4-5-11-26-21;/h4-11,15-16,23H,3,12-14,17-18H2,1-2H3,(H,25,27);1H. The number of aryl methyl sites for hydroxylation is 1. The average Bonchev–Trinajstić information content (AvgIpc) is 3.28. The summed E-state index contributed by atoms with van der Waals surface area (Å²) in [5, 5.41) is 7.69. The third kappa shape index (κ3) is 7.16. The molecule has 176 valence electrons. The fourth-order valence-corrected chi connectivity index (χ4v) is 3.57. The van der Waals surface area contributed by atoms with Gasteiger partial charge in [-0.25, -0.2) is 4.99 Å². The van der Waals surface area contributed by atoms with E-state index in [1.807, 2.05) is 49.8 Å². The zero-order valence-electron chi connectivity index (χ0n) is 19.1. The van der Waals surface area contributed by atoms with Crippen LogP contribution in [0.1, 0.15) is 29.8 Å². The van der Waals surface area contributed by atoms with Crippen molar-refractivity contribution in [2.45, 2.75) is 26.2 Å². The fraction of sp³-hybridized carbons (Fsp3) is 0.375. The highest BCUT2D eigenvalue weighted by Gasteiger charge is 2.25. The number of morpholine rings is 1. The van der Waals surface area contributed by atoms with Crippen molar-refractivity contribution in [2.24, 2.45) is 12.0 Å². The smallest absolute Gasteiger partial charge is 0.194 e. The van der Waals surface area contributed by atoms with Gasteiger partial charge in [0.15, 0.2) is 5.96 Å². The fourth-order valence-electron chi connectivity index (χ4n) is 3.57. The molecule has 1 aliphatic rings. The van der Waals surface area contributed by atoms with E-state index in [0.717, 1.165) is 48.2 Å². The zero-order chi connectivity index (χ0) is 22.2. The van der Waals surface area contributed by atoms with Crippen molar-refractivity contribution in [3.8, 4) is 5.75 Å². The van der Waals surface area contributed by atoms with E-state index in [9.17, 15) is 0 Å². The van der Waals surface area contributed by atoms with E-state index < -0.39 is 0 Å². The second-order valence-corrected chi connectivity index (χ2v) is 7.68. The molecule has 1 unspecified atom stereocenters. The second-order valence-electron chi connectivity index (χ2n) is 7.68. The number of guanidine groups is 1. The van der Waals surface area contributed by atoms with E-state index in [4.69, 9.17) is 14.5 Å². The Bertz CT molecular complexity index is 1010. The summed E-state index contributed by atoms with van der Waals surface area (Å²) in [6, 6.07) is 13.9. The second kappa shape index (κ2) is 12.5.